The van der Waals surface area contributed by atoms with Gasteiger partial charge in [0.15, 0.2) is 5.69 Å². The van der Waals surface area contributed by atoms with E-state index in [0.29, 0.717) is 16.6 Å². The largest absolute Gasteiger partial charge is 0.479 e. The Morgan fingerprint density at radius 2 is 2.04 bits per heavy atom. The summed E-state index contributed by atoms with van der Waals surface area (Å²) in [4.78, 5) is 8.60. The highest BCUT2D eigenvalue weighted by atomic mass is 79.9. The second-order valence-corrected chi connectivity index (χ2v) is 6.17. The molecule has 0 aliphatic carbocycles. The Labute approximate surface area is 146 Å². The first-order valence-corrected chi connectivity index (χ1v) is 7.96. The number of halogens is 2. The summed E-state index contributed by atoms with van der Waals surface area (Å²) >= 11 is 9.40. The Kier molecular flexibility index (Phi) is 4.50. The third-order valence-electron chi connectivity index (χ3n) is 3.24. The third-order valence-corrected chi connectivity index (χ3v) is 4.16. The minimum absolute atomic E-state index is 0.259. The Balaban J connectivity index is 1.94. The molecule has 0 amide bonds. The van der Waals surface area contributed by atoms with E-state index >= 15 is 0 Å². The zero-order valence-electron chi connectivity index (χ0n) is 12.1. The minimum atomic E-state index is -0.279. The molecule has 0 unspecified atom stereocenters. The molecule has 6 heteroatoms. The van der Waals surface area contributed by atoms with Crippen molar-refractivity contribution in [2.45, 2.75) is 6.92 Å². The number of hydrogen-bond acceptors (Lipinski definition) is 4. The first-order valence-electron chi connectivity index (χ1n) is 6.79. The van der Waals surface area contributed by atoms with Gasteiger partial charge in [-0.3, -0.25) is 4.99 Å². The lowest BCUT2D eigenvalue weighted by Crippen LogP contribution is -1.84. The van der Waals surface area contributed by atoms with Gasteiger partial charge in [0.2, 0.25) is 5.89 Å². The predicted molar refractivity (Wildman–Crippen MR) is 94.7 cm³/mol. The summed E-state index contributed by atoms with van der Waals surface area (Å²) in [5.41, 5.74) is 2.69. The Hall–Kier alpha value is -2.11. The topological polar surface area (TPSA) is 58.6 Å². The fourth-order valence-corrected chi connectivity index (χ4v) is 2.63. The quantitative estimate of drug-likeness (QED) is 0.598. The number of benzene rings is 2. The highest BCUT2D eigenvalue weighted by molar-refractivity contribution is 9.10. The molecule has 0 radical (unpaired) electrons. The molecule has 0 fully saturated rings. The number of hydrogen-bond donors (Lipinski definition) is 1. The molecule has 1 aromatic heterocycles. The first-order chi connectivity index (χ1) is 11.0. The van der Waals surface area contributed by atoms with Crippen LogP contribution in [0.25, 0.3) is 11.5 Å². The lowest BCUT2D eigenvalue weighted by Gasteiger charge is -1.99. The molecule has 3 aromatic rings. The van der Waals surface area contributed by atoms with Crippen molar-refractivity contribution in [1.82, 2.24) is 4.98 Å². The van der Waals surface area contributed by atoms with Crippen LogP contribution in [0.4, 0.5) is 5.69 Å². The van der Waals surface area contributed by atoms with Gasteiger partial charge in [-0.05, 0) is 52.7 Å². The molecular formula is C17H12BrClN2O2. The van der Waals surface area contributed by atoms with Crippen molar-refractivity contribution in [3.63, 3.8) is 0 Å². The second kappa shape index (κ2) is 6.56. The van der Waals surface area contributed by atoms with Gasteiger partial charge in [-0.2, -0.15) is 0 Å². The van der Waals surface area contributed by atoms with Crippen molar-refractivity contribution < 1.29 is 9.52 Å². The Morgan fingerprint density at radius 3 is 2.83 bits per heavy atom. The van der Waals surface area contributed by atoms with Crippen LogP contribution in [0.2, 0.25) is 5.02 Å². The summed E-state index contributed by atoms with van der Waals surface area (Å²) in [5, 5.41) is 10.5. The minimum Gasteiger partial charge on any atom is -0.479 e. The van der Waals surface area contributed by atoms with Crippen LogP contribution in [0, 0.1) is 6.92 Å². The molecule has 1 heterocycles. The van der Waals surface area contributed by atoms with Gasteiger partial charge >= 0.3 is 5.95 Å². The van der Waals surface area contributed by atoms with Gasteiger partial charge in [-0.15, -0.1) is 0 Å². The van der Waals surface area contributed by atoms with Gasteiger partial charge in [-0.1, -0.05) is 29.8 Å². The summed E-state index contributed by atoms with van der Waals surface area (Å²) in [7, 11) is 0. The number of aromatic hydroxyl groups is 1. The van der Waals surface area contributed by atoms with Gasteiger partial charge in [0.1, 0.15) is 0 Å². The maximum absolute atomic E-state index is 9.92. The van der Waals surface area contributed by atoms with E-state index < -0.39 is 0 Å². The van der Waals surface area contributed by atoms with Gasteiger partial charge in [0, 0.05) is 9.50 Å². The van der Waals surface area contributed by atoms with Gasteiger partial charge in [0.25, 0.3) is 0 Å². The van der Waals surface area contributed by atoms with E-state index in [9.17, 15) is 5.11 Å². The molecule has 0 spiro atoms. The monoisotopic (exact) mass is 390 g/mol. The van der Waals surface area contributed by atoms with Gasteiger partial charge in [0.05, 0.1) is 17.5 Å². The summed E-state index contributed by atoms with van der Waals surface area (Å²) in [6, 6.07) is 12.9. The molecule has 116 valence electrons. The van der Waals surface area contributed by atoms with E-state index in [4.69, 9.17) is 16.0 Å². The van der Waals surface area contributed by atoms with Crippen LogP contribution in [0.3, 0.4) is 0 Å². The molecule has 2 aromatic carbocycles. The molecule has 0 aliphatic heterocycles. The second-order valence-electron chi connectivity index (χ2n) is 4.88. The van der Waals surface area contributed by atoms with E-state index in [-0.39, 0.29) is 11.6 Å². The normalized spacial score (nSPS) is 11.3. The summed E-state index contributed by atoms with van der Waals surface area (Å²) in [6.07, 6.45) is 1.46. The molecule has 0 bridgehead atoms. The van der Waals surface area contributed by atoms with Crippen LogP contribution in [0.15, 0.2) is 56.3 Å². The smallest absolute Gasteiger partial charge is 0.312 e. The molecule has 1 N–H and O–H groups in total. The number of rotatable bonds is 3. The van der Waals surface area contributed by atoms with Crippen molar-refractivity contribution >= 4 is 39.4 Å². The zero-order chi connectivity index (χ0) is 16.4. The SMILES string of the molecule is Cc1ccc(Cl)cc1N=Cc1nc(-c2ccccc2Br)oc1O. The molecular weight excluding hydrogens is 380 g/mol. The van der Waals surface area contributed by atoms with E-state index in [1.807, 2.05) is 37.3 Å². The summed E-state index contributed by atoms with van der Waals surface area (Å²) in [6.45, 7) is 1.93. The van der Waals surface area contributed by atoms with Crippen molar-refractivity contribution in [3.8, 4) is 17.4 Å². The number of aryl methyl sites for hydroxylation is 1. The standard InChI is InChI=1S/C17H12BrClN2O2/c1-10-6-7-11(19)8-14(10)20-9-15-17(22)23-16(21-15)12-4-2-3-5-13(12)18/h2-9,22H,1H3. The van der Waals surface area contributed by atoms with Crippen molar-refractivity contribution in [3.05, 3.63) is 63.2 Å². The molecule has 0 aliphatic rings. The van der Waals surface area contributed by atoms with E-state index in [1.165, 1.54) is 6.21 Å². The fourth-order valence-electron chi connectivity index (χ4n) is 2.01. The van der Waals surface area contributed by atoms with Crippen LogP contribution in [0.5, 0.6) is 5.95 Å². The Morgan fingerprint density at radius 1 is 1.26 bits per heavy atom. The van der Waals surface area contributed by atoms with Gasteiger partial charge < -0.3 is 9.52 Å². The fraction of sp³-hybridized carbons (Fsp3) is 0.0588. The maximum atomic E-state index is 9.92. The first kappa shape index (κ1) is 15.8. The number of oxazole rings is 1. The number of aliphatic imine (C=N–C) groups is 1. The van der Waals surface area contributed by atoms with Crippen LogP contribution in [-0.4, -0.2) is 16.3 Å². The number of aromatic nitrogens is 1. The molecule has 4 nitrogen and oxygen atoms in total. The highest BCUT2D eigenvalue weighted by Crippen LogP contribution is 2.31. The van der Waals surface area contributed by atoms with Crippen LogP contribution in [0.1, 0.15) is 11.3 Å². The maximum Gasteiger partial charge on any atom is 0.312 e. The highest BCUT2D eigenvalue weighted by Gasteiger charge is 2.14. The molecule has 0 atom stereocenters. The summed E-state index contributed by atoms with van der Waals surface area (Å²) < 4.78 is 6.15. The van der Waals surface area contributed by atoms with Crippen molar-refractivity contribution in [1.29, 1.82) is 0 Å². The van der Waals surface area contributed by atoms with Crippen LogP contribution in [-0.2, 0) is 0 Å². The summed E-state index contributed by atoms with van der Waals surface area (Å²) in [5.74, 6) is 0.0402. The molecule has 0 saturated heterocycles. The lowest BCUT2D eigenvalue weighted by molar-refractivity contribution is 0.337. The van der Waals surface area contributed by atoms with Crippen LogP contribution >= 0.6 is 27.5 Å². The van der Waals surface area contributed by atoms with Crippen molar-refractivity contribution in [2.24, 2.45) is 4.99 Å². The third kappa shape index (κ3) is 3.46. The van der Waals surface area contributed by atoms with Crippen molar-refractivity contribution in [2.75, 3.05) is 0 Å². The van der Waals surface area contributed by atoms with E-state index in [0.717, 1.165) is 15.6 Å². The zero-order valence-corrected chi connectivity index (χ0v) is 14.5. The molecule has 3 rings (SSSR count). The lowest BCUT2D eigenvalue weighted by atomic mass is 10.2. The van der Waals surface area contributed by atoms with E-state index in [2.05, 4.69) is 25.9 Å². The molecule has 23 heavy (non-hydrogen) atoms. The Bertz CT molecular complexity index is 890. The average molecular weight is 392 g/mol. The predicted octanol–water partition coefficient (Wildman–Crippen LogP) is 5.52. The van der Waals surface area contributed by atoms with E-state index in [1.54, 1.807) is 12.1 Å². The molecule has 0 saturated carbocycles. The number of nitrogens with zero attached hydrogens (tertiary/aromatic N) is 2. The van der Waals surface area contributed by atoms with Gasteiger partial charge in [-0.25, -0.2) is 4.98 Å². The average Bonchev–Trinajstić information content (AvgIpc) is 2.89. The van der Waals surface area contributed by atoms with Crippen LogP contribution < -0.4 is 0 Å².